The van der Waals surface area contributed by atoms with E-state index in [9.17, 15) is 14.7 Å². The molecule has 0 saturated carbocycles. The van der Waals surface area contributed by atoms with Crippen LogP contribution in [0.15, 0.2) is 42.5 Å². The van der Waals surface area contributed by atoms with Gasteiger partial charge in [-0.15, -0.1) is 0 Å². The molecule has 0 aliphatic carbocycles. The summed E-state index contributed by atoms with van der Waals surface area (Å²) in [5.74, 6) is -0.323. The van der Waals surface area contributed by atoms with E-state index in [1.54, 1.807) is 24.3 Å². The maximum atomic E-state index is 12.8. The van der Waals surface area contributed by atoms with Crippen molar-refractivity contribution in [3.8, 4) is 11.5 Å². The van der Waals surface area contributed by atoms with E-state index >= 15 is 0 Å². The fourth-order valence-corrected chi connectivity index (χ4v) is 2.35. The minimum Gasteiger partial charge on any atom is -0.496 e. The molecule has 2 rings (SSSR count). The van der Waals surface area contributed by atoms with Gasteiger partial charge in [0.25, 0.3) is 0 Å². The molecule has 0 saturated heterocycles. The zero-order chi connectivity index (χ0) is 17.9. The number of carbonyl (C=O) groups excluding carboxylic acids is 2. The molecular formula is C19H20O5. The lowest BCUT2D eigenvalue weighted by molar-refractivity contribution is 0.0487. The molecule has 0 fully saturated rings. The van der Waals surface area contributed by atoms with Gasteiger partial charge in [-0.2, -0.15) is 0 Å². The number of Topliss-reactive ketones (excluding diaryl/α,β-unsaturated/α-hetero) is 1. The first-order valence-electron chi connectivity index (χ1n) is 7.42. The van der Waals surface area contributed by atoms with Crippen molar-refractivity contribution in [2.24, 2.45) is 0 Å². The molecule has 24 heavy (non-hydrogen) atoms. The van der Waals surface area contributed by atoms with Gasteiger partial charge >= 0.3 is 0 Å². The summed E-state index contributed by atoms with van der Waals surface area (Å²) < 4.78 is 10.6. The van der Waals surface area contributed by atoms with E-state index in [1.165, 1.54) is 40.2 Å². The molecule has 0 aromatic heterocycles. The van der Waals surface area contributed by atoms with Crippen LogP contribution in [0.1, 0.15) is 40.1 Å². The van der Waals surface area contributed by atoms with E-state index in [-0.39, 0.29) is 28.4 Å². The number of rotatable bonds is 6. The van der Waals surface area contributed by atoms with Gasteiger partial charge in [-0.1, -0.05) is 30.3 Å². The minimum atomic E-state index is -1.54. The summed E-state index contributed by atoms with van der Waals surface area (Å²) in [6, 6.07) is 11.6. The molecule has 0 bridgehead atoms. The van der Waals surface area contributed by atoms with Crippen molar-refractivity contribution < 1.29 is 24.2 Å². The number of methoxy groups -OCH3 is 2. The minimum absolute atomic E-state index is 0.209. The Kier molecular flexibility index (Phi) is 5.04. The third kappa shape index (κ3) is 3.46. The van der Waals surface area contributed by atoms with Gasteiger partial charge in [0.1, 0.15) is 22.7 Å². The molecule has 0 amide bonds. The lowest BCUT2D eigenvalue weighted by Gasteiger charge is -2.18. The van der Waals surface area contributed by atoms with Crippen LogP contribution in [0, 0.1) is 0 Å². The lowest BCUT2D eigenvalue weighted by Crippen LogP contribution is -2.31. The fraction of sp³-hybridized carbons (Fsp3) is 0.263. The molecule has 0 aliphatic heterocycles. The summed E-state index contributed by atoms with van der Waals surface area (Å²) in [5.41, 5.74) is -0.615. The molecule has 0 radical (unpaired) electrons. The van der Waals surface area contributed by atoms with E-state index in [0.717, 1.165) is 0 Å². The zero-order valence-corrected chi connectivity index (χ0v) is 14.1. The van der Waals surface area contributed by atoms with Crippen LogP contribution < -0.4 is 9.47 Å². The first-order valence-corrected chi connectivity index (χ1v) is 7.42. The highest BCUT2D eigenvalue weighted by Gasteiger charge is 2.29. The second-order valence-electron chi connectivity index (χ2n) is 5.84. The smallest absolute Gasteiger partial charge is 0.200 e. The number of benzene rings is 2. The molecule has 2 aromatic carbocycles. The van der Waals surface area contributed by atoms with E-state index < -0.39 is 11.4 Å². The standard InChI is InChI=1S/C19H20O5/c1-19(2,22)18(21)13-10-14(23-3)16(15(11-13)24-4)17(20)12-8-6-5-7-9-12/h5-11,22H,1-4H3. The summed E-state index contributed by atoms with van der Waals surface area (Å²) >= 11 is 0. The largest absolute Gasteiger partial charge is 0.496 e. The average molecular weight is 328 g/mol. The average Bonchev–Trinajstić information content (AvgIpc) is 2.59. The van der Waals surface area contributed by atoms with E-state index in [1.807, 2.05) is 6.07 Å². The van der Waals surface area contributed by atoms with E-state index in [0.29, 0.717) is 5.56 Å². The summed E-state index contributed by atoms with van der Waals surface area (Å²) in [7, 11) is 2.82. The van der Waals surface area contributed by atoms with Crippen molar-refractivity contribution >= 4 is 11.6 Å². The van der Waals surface area contributed by atoms with Gasteiger partial charge in [0.15, 0.2) is 5.78 Å². The molecule has 0 aliphatic rings. The highest BCUT2D eigenvalue weighted by Crippen LogP contribution is 2.33. The topological polar surface area (TPSA) is 72.8 Å². The summed E-state index contributed by atoms with van der Waals surface area (Å²) in [6.07, 6.45) is 0. The number of carbonyl (C=O) groups is 2. The Labute approximate surface area is 140 Å². The van der Waals surface area contributed by atoms with Gasteiger partial charge in [0.05, 0.1) is 14.2 Å². The Morgan fingerprint density at radius 3 is 1.83 bits per heavy atom. The van der Waals surface area contributed by atoms with Crippen molar-refractivity contribution in [3.05, 3.63) is 59.2 Å². The molecule has 0 unspecified atom stereocenters. The quantitative estimate of drug-likeness (QED) is 0.826. The number of hydrogen-bond acceptors (Lipinski definition) is 5. The predicted molar refractivity (Wildman–Crippen MR) is 90.0 cm³/mol. The van der Waals surface area contributed by atoms with Gasteiger partial charge < -0.3 is 14.6 Å². The third-order valence-electron chi connectivity index (χ3n) is 3.59. The van der Waals surface area contributed by atoms with Crippen molar-refractivity contribution in [1.29, 1.82) is 0 Å². The first kappa shape index (κ1) is 17.7. The molecular weight excluding hydrogens is 308 g/mol. The molecule has 126 valence electrons. The molecule has 2 aromatic rings. The molecule has 0 heterocycles. The van der Waals surface area contributed by atoms with Crippen LogP contribution in [0.2, 0.25) is 0 Å². The van der Waals surface area contributed by atoms with Crippen LogP contribution >= 0.6 is 0 Å². The van der Waals surface area contributed by atoms with Crippen molar-refractivity contribution in [3.63, 3.8) is 0 Å². The Morgan fingerprint density at radius 1 is 0.917 bits per heavy atom. The maximum Gasteiger partial charge on any atom is 0.200 e. The van der Waals surface area contributed by atoms with Crippen LogP contribution in [-0.4, -0.2) is 36.5 Å². The van der Waals surface area contributed by atoms with E-state index in [2.05, 4.69) is 0 Å². The van der Waals surface area contributed by atoms with Gasteiger partial charge in [-0.25, -0.2) is 0 Å². The molecule has 0 atom stereocenters. The fourth-order valence-electron chi connectivity index (χ4n) is 2.35. The first-order chi connectivity index (χ1) is 11.3. The Balaban J connectivity index is 2.61. The highest BCUT2D eigenvalue weighted by molar-refractivity contribution is 6.13. The molecule has 0 spiro atoms. The van der Waals surface area contributed by atoms with Crippen molar-refractivity contribution in [2.75, 3.05) is 14.2 Å². The summed E-state index contributed by atoms with van der Waals surface area (Å²) in [6.45, 7) is 2.80. The van der Waals surface area contributed by atoms with Gasteiger partial charge in [0.2, 0.25) is 5.78 Å². The number of aliphatic hydroxyl groups is 1. The second-order valence-corrected chi connectivity index (χ2v) is 5.84. The van der Waals surface area contributed by atoms with Crippen molar-refractivity contribution in [2.45, 2.75) is 19.4 Å². The van der Waals surface area contributed by atoms with Gasteiger partial charge in [0, 0.05) is 11.1 Å². The van der Waals surface area contributed by atoms with Crippen LogP contribution in [0.3, 0.4) is 0 Å². The SMILES string of the molecule is COc1cc(C(=O)C(C)(C)O)cc(OC)c1C(=O)c1ccccc1. The maximum absolute atomic E-state index is 12.8. The molecule has 1 N–H and O–H groups in total. The lowest BCUT2D eigenvalue weighted by atomic mass is 9.93. The monoisotopic (exact) mass is 328 g/mol. The number of ether oxygens (including phenoxy) is 2. The normalized spacial score (nSPS) is 11.0. The predicted octanol–water partition coefficient (Wildman–Crippen LogP) is 2.89. The highest BCUT2D eigenvalue weighted by atomic mass is 16.5. The molecule has 5 heteroatoms. The van der Waals surface area contributed by atoms with E-state index in [4.69, 9.17) is 9.47 Å². The number of hydrogen-bond donors (Lipinski definition) is 1. The van der Waals surface area contributed by atoms with Gasteiger partial charge in [-0.05, 0) is 26.0 Å². The van der Waals surface area contributed by atoms with Crippen molar-refractivity contribution in [1.82, 2.24) is 0 Å². The summed E-state index contributed by atoms with van der Waals surface area (Å²) in [4.78, 5) is 25.1. The van der Waals surface area contributed by atoms with Gasteiger partial charge in [-0.3, -0.25) is 9.59 Å². The summed E-state index contributed by atoms with van der Waals surface area (Å²) in [5, 5.41) is 9.93. The third-order valence-corrected chi connectivity index (χ3v) is 3.59. The Morgan fingerprint density at radius 2 is 1.42 bits per heavy atom. The Hall–Kier alpha value is -2.66. The molecule has 5 nitrogen and oxygen atoms in total. The zero-order valence-electron chi connectivity index (χ0n) is 14.1. The van der Waals surface area contributed by atoms with Crippen LogP contribution in [-0.2, 0) is 0 Å². The van der Waals surface area contributed by atoms with Crippen LogP contribution in [0.25, 0.3) is 0 Å². The second kappa shape index (κ2) is 6.84. The Bertz CT molecular complexity index is 732. The number of ketones is 2. The van der Waals surface area contributed by atoms with Crippen LogP contribution in [0.5, 0.6) is 11.5 Å². The van der Waals surface area contributed by atoms with Crippen LogP contribution in [0.4, 0.5) is 0 Å².